The van der Waals surface area contributed by atoms with Gasteiger partial charge in [0.25, 0.3) is 0 Å². The molecule has 3 rings (SSSR count). The van der Waals surface area contributed by atoms with Gasteiger partial charge in [0.1, 0.15) is 0 Å². The quantitative estimate of drug-likeness (QED) is 0.428. The molecule has 0 radical (unpaired) electrons. The van der Waals surface area contributed by atoms with E-state index in [1.165, 1.54) is 11.4 Å². The van der Waals surface area contributed by atoms with E-state index in [0.29, 0.717) is 0 Å². The Morgan fingerprint density at radius 1 is 0.870 bits per heavy atom. The lowest BCUT2D eigenvalue weighted by atomic mass is 10.2. The fourth-order valence-electron chi connectivity index (χ4n) is 2.60. The van der Waals surface area contributed by atoms with Crippen molar-refractivity contribution in [2.45, 2.75) is 13.8 Å². The van der Waals surface area contributed by atoms with Crippen LogP contribution in [0, 0.1) is 13.8 Å². The van der Waals surface area contributed by atoms with Crippen LogP contribution in [-0.4, -0.2) is 10.8 Å². The Bertz CT molecular complexity index is 847. The van der Waals surface area contributed by atoms with E-state index in [1.807, 2.05) is 36.5 Å². The highest BCUT2D eigenvalue weighted by Gasteiger charge is 2.15. The first-order valence-electron chi connectivity index (χ1n) is 7.30. The molecule has 3 aromatic rings. The highest BCUT2D eigenvalue weighted by Crippen LogP contribution is 2.30. The molecule has 2 aromatic carbocycles. The van der Waals surface area contributed by atoms with Crippen LogP contribution in [0.3, 0.4) is 0 Å². The van der Waals surface area contributed by atoms with Gasteiger partial charge in [-0.2, -0.15) is 0 Å². The monoisotopic (exact) mass is 430 g/mol. The van der Waals surface area contributed by atoms with Crippen LogP contribution in [0.4, 0.5) is 5.69 Å². The van der Waals surface area contributed by atoms with Crippen LogP contribution in [-0.2, 0) is 0 Å². The number of rotatable bonds is 3. The fraction of sp³-hybridized carbons (Fsp3) is 0.105. The molecule has 1 heterocycles. The number of halogens is 2. The normalized spacial score (nSPS) is 11.3. The summed E-state index contributed by atoms with van der Waals surface area (Å²) in [6, 6.07) is 18.3. The molecule has 0 saturated carbocycles. The molecule has 0 aliphatic heterocycles. The Hall–Kier alpha value is -1.65. The fourth-order valence-corrected chi connectivity index (χ4v) is 3.44. The molecule has 4 heteroatoms. The first-order chi connectivity index (χ1) is 11.1. The van der Waals surface area contributed by atoms with Crippen LogP contribution in [0.2, 0.25) is 0 Å². The molecule has 2 nitrogen and oxygen atoms in total. The van der Waals surface area contributed by atoms with E-state index >= 15 is 0 Å². The molecule has 0 N–H and O–H groups in total. The molecule has 0 amide bonds. The third kappa shape index (κ3) is 3.33. The first-order valence-corrected chi connectivity index (χ1v) is 8.89. The minimum absolute atomic E-state index is 0.935. The summed E-state index contributed by atoms with van der Waals surface area (Å²) in [5.74, 6) is 0. The van der Waals surface area contributed by atoms with Crippen LogP contribution in [0.1, 0.15) is 17.0 Å². The smallest absolute Gasteiger partial charge is 0.0630 e. The summed E-state index contributed by atoms with van der Waals surface area (Å²) in [6.45, 7) is 4.23. The summed E-state index contributed by atoms with van der Waals surface area (Å²) in [7, 11) is 0. The molecule has 0 saturated heterocycles. The maximum Gasteiger partial charge on any atom is 0.0630 e. The largest absolute Gasteiger partial charge is 0.317 e. The molecule has 116 valence electrons. The highest BCUT2D eigenvalue weighted by atomic mass is 79.9. The number of benzene rings is 2. The van der Waals surface area contributed by atoms with Crippen molar-refractivity contribution in [2.24, 2.45) is 4.99 Å². The predicted molar refractivity (Wildman–Crippen MR) is 104 cm³/mol. The second kappa shape index (κ2) is 6.85. The molecule has 0 bridgehead atoms. The predicted octanol–water partition coefficient (Wildman–Crippen LogP) is 6.37. The van der Waals surface area contributed by atoms with E-state index in [9.17, 15) is 0 Å². The molecular weight excluding hydrogens is 416 g/mol. The lowest BCUT2D eigenvalue weighted by molar-refractivity contribution is 0.962. The van der Waals surface area contributed by atoms with Gasteiger partial charge < -0.3 is 4.57 Å². The zero-order chi connectivity index (χ0) is 16.4. The number of hydrogen-bond acceptors (Lipinski definition) is 1. The van der Waals surface area contributed by atoms with Gasteiger partial charge in [0, 0.05) is 37.8 Å². The lowest BCUT2D eigenvalue weighted by Gasteiger charge is -2.08. The van der Waals surface area contributed by atoms with Crippen LogP contribution in [0.5, 0.6) is 0 Å². The Morgan fingerprint density at radius 2 is 1.52 bits per heavy atom. The van der Waals surface area contributed by atoms with Gasteiger partial charge in [0.15, 0.2) is 0 Å². The van der Waals surface area contributed by atoms with Crippen molar-refractivity contribution in [1.29, 1.82) is 0 Å². The van der Waals surface area contributed by atoms with Gasteiger partial charge in [0.2, 0.25) is 0 Å². The summed E-state index contributed by atoms with van der Waals surface area (Å²) in [5.41, 5.74) is 5.54. The first kappa shape index (κ1) is 16.2. The van der Waals surface area contributed by atoms with E-state index in [0.717, 1.165) is 25.9 Å². The minimum atomic E-state index is 0.935. The van der Waals surface area contributed by atoms with E-state index in [-0.39, 0.29) is 0 Å². The molecule has 0 fully saturated rings. The number of para-hydroxylation sites is 1. The Kier molecular flexibility index (Phi) is 4.83. The van der Waals surface area contributed by atoms with Gasteiger partial charge in [-0.25, -0.2) is 0 Å². The van der Waals surface area contributed by atoms with Gasteiger partial charge in [0.05, 0.1) is 5.69 Å². The minimum Gasteiger partial charge on any atom is -0.317 e. The van der Waals surface area contributed by atoms with Crippen molar-refractivity contribution in [1.82, 2.24) is 4.57 Å². The maximum atomic E-state index is 4.60. The SMILES string of the molecule is Cc1c(Br)c(C=Nc2ccc(Br)cc2)c(C)n1-c1ccccc1. The number of hydrogen-bond donors (Lipinski definition) is 0. The summed E-state index contributed by atoms with van der Waals surface area (Å²) in [4.78, 5) is 4.60. The van der Waals surface area contributed by atoms with Crippen LogP contribution in [0.25, 0.3) is 5.69 Å². The highest BCUT2D eigenvalue weighted by molar-refractivity contribution is 9.10. The van der Waals surface area contributed by atoms with Crippen molar-refractivity contribution >= 4 is 43.8 Å². The third-order valence-electron chi connectivity index (χ3n) is 3.80. The van der Waals surface area contributed by atoms with Gasteiger partial charge >= 0.3 is 0 Å². The van der Waals surface area contributed by atoms with E-state index < -0.39 is 0 Å². The summed E-state index contributed by atoms with van der Waals surface area (Å²) in [6.07, 6.45) is 1.93. The summed E-state index contributed by atoms with van der Waals surface area (Å²) in [5, 5.41) is 0. The summed E-state index contributed by atoms with van der Waals surface area (Å²) < 4.78 is 4.38. The van der Waals surface area contributed by atoms with Crippen molar-refractivity contribution in [3.63, 3.8) is 0 Å². The number of aliphatic imine (C=N–C) groups is 1. The van der Waals surface area contributed by atoms with Crippen LogP contribution < -0.4 is 0 Å². The van der Waals surface area contributed by atoms with Gasteiger partial charge in [-0.05, 0) is 66.2 Å². The average molecular weight is 432 g/mol. The summed E-state index contributed by atoms with van der Waals surface area (Å²) >= 11 is 7.16. The number of aromatic nitrogens is 1. The molecule has 0 aliphatic rings. The second-order valence-corrected chi connectivity index (χ2v) is 7.01. The van der Waals surface area contributed by atoms with Gasteiger partial charge in [-0.15, -0.1) is 0 Å². The second-order valence-electron chi connectivity index (χ2n) is 5.30. The van der Waals surface area contributed by atoms with Crippen molar-refractivity contribution in [3.05, 3.63) is 80.5 Å². The van der Waals surface area contributed by atoms with Crippen LogP contribution >= 0.6 is 31.9 Å². The van der Waals surface area contributed by atoms with E-state index in [2.05, 4.69) is 79.5 Å². The maximum absolute atomic E-state index is 4.60. The molecule has 1 aromatic heterocycles. The molecular formula is C19H16Br2N2. The Morgan fingerprint density at radius 3 is 2.17 bits per heavy atom. The third-order valence-corrected chi connectivity index (χ3v) is 5.33. The molecule has 23 heavy (non-hydrogen) atoms. The molecule has 0 unspecified atom stereocenters. The average Bonchev–Trinajstić information content (AvgIpc) is 2.78. The van der Waals surface area contributed by atoms with E-state index in [4.69, 9.17) is 0 Å². The lowest BCUT2D eigenvalue weighted by Crippen LogP contribution is -1.99. The zero-order valence-corrected chi connectivity index (χ0v) is 16.1. The topological polar surface area (TPSA) is 17.3 Å². The standard InChI is InChI=1S/C19H16Br2N2/c1-13-18(12-22-16-10-8-15(20)9-11-16)19(21)14(2)23(13)17-6-4-3-5-7-17/h3-12H,1-2H3. The zero-order valence-electron chi connectivity index (χ0n) is 12.9. The van der Waals surface area contributed by atoms with Crippen molar-refractivity contribution < 1.29 is 0 Å². The molecule has 0 aliphatic carbocycles. The Labute approximate surface area is 153 Å². The van der Waals surface area contributed by atoms with E-state index in [1.54, 1.807) is 0 Å². The van der Waals surface area contributed by atoms with Gasteiger partial charge in [-0.1, -0.05) is 34.1 Å². The van der Waals surface area contributed by atoms with Crippen LogP contribution in [0.15, 0.2) is 68.5 Å². The van der Waals surface area contributed by atoms with Gasteiger partial charge in [-0.3, -0.25) is 4.99 Å². The van der Waals surface area contributed by atoms with Crippen molar-refractivity contribution in [2.75, 3.05) is 0 Å². The van der Waals surface area contributed by atoms with Crippen molar-refractivity contribution in [3.8, 4) is 5.69 Å². The molecule has 0 spiro atoms. The molecule has 0 atom stereocenters. The number of nitrogens with zero attached hydrogens (tertiary/aromatic N) is 2. The Balaban J connectivity index is 2.02.